The summed E-state index contributed by atoms with van der Waals surface area (Å²) in [5, 5.41) is 3.59. The smallest absolute Gasteiger partial charge is 0.146 e. The van der Waals surface area contributed by atoms with Gasteiger partial charge in [0.1, 0.15) is 11.6 Å². The Morgan fingerprint density at radius 2 is 1.85 bits per heavy atom. The molecule has 3 rings (SSSR count). The Bertz CT molecular complexity index is 787. The van der Waals surface area contributed by atoms with E-state index < -0.39 is 11.6 Å². The molecular weight excluding hydrogens is 260 g/mol. The maximum atomic E-state index is 13.7. The van der Waals surface area contributed by atoms with Crippen LogP contribution in [-0.4, -0.2) is 4.98 Å². The SMILES string of the molecule is Nc1cnc2ccccc2c1Nc1cc(F)ccc1F. The number of para-hydroxylation sites is 1. The molecule has 20 heavy (non-hydrogen) atoms. The van der Waals surface area contributed by atoms with Crippen molar-refractivity contribution in [2.24, 2.45) is 0 Å². The molecule has 3 nitrogen and oxygen atoms in total. The van der Waals surface area contributed by atoms with Gasteiger partial charge in [0.05, 0.1) is 28.8 Å². The second-order valence-corrected chi connectivity index (χ2v) is 4.35. The van der Waals surface area contributed by atoms with E-state index in [1.165, 1.54) is 6.20 Å². The van der Waals surface area contributed by atoms with E-state index in [9.17, 15) is 8.78 Å². The highest BCUT2D eigenvalue weighted by molar-refractivity contribution is 5.98. The van der Waals surface area contributed by atoms with Gasteiger partial charge >= 0.3 is 0 Å². The van der Waals surface area contributed by atoms with Crippen molar-refractivity contribution in [3.05, 3.63) is 60.3 Å². The van der Waals surface area contributed by atoms with E-state index in [0.29, 0.717) is 11.4 Å². The number of nitrogens with zero attached hydrogens (tertiary/aromatic N) is 1. The molecule has 2 aromatic carbocycles. The minimum atomic E-state index is -0.549. The summed E-state index contributed by atoms with van der Waals surface area (Å²) in [6.07, 6.45) is 1.49. The maximum Gasteiger partial charge on any atom is 0.146 e. The molecular formula is C15H11F2N3. The Labute approximate surface area is 114 Å². The first-order chi connectivity index (χ1) is 9.65. The van der Waals surface area contributed by atoms with Crippen LogP contribution < -0.4 is 11.1 Å². The minimum absolute atomic E-state index is 0.0352. The number of nitrogens with two attached hydrogens (primary N) is 1. The number of hydrogen-bond donors (Lipinski definition) is 2. The van der Waals surface area contributed by atoms with Gasteiger partial charge in [0, 0.05) is 11.5 Å². The molecule has 0 amide bonds. The fourth-order valence-corrected chi connectivity index (χ4v) is 2.02. The molecule has 0 fully saturated rings. The molecule has 1 aromatic heterocycles. The van der Waals surface area contributed by atoms with Crippen LogP contribution in [-0.2, 0) is 0 Å². The highest BCUT2D eigenvalue weighted by Crippen LogP contribution is 2.31. The van der Waals surface area contributed by atoms with Crippen molar-refractivity contribution >= 4 is 28.0 Å². The Hall–Kier alpha value is -2.69. The molecule has 0 saturated carbocycles. The summed E-state index contributed by atoms with van der Waals surface area (Å²) >= 11 is 0. The van der Waals surface area contributed by atoms with E-state index in [1.54, 1.807) is 0 Å². The fraction of sp³-hybridized carbons (Fsp3) is 0. The first-order valence-electron chi connectivity index (χ1n) is 6.00. The standard InChI is InChI=1S/C15H11F2N3/c16-9-5-6-11(17)14(7-9)20-15-10-3-1-2-4-13(10)19-8-12(15)18/h1-8H,18H2,(H,19,20). The van der Waals surface area contributed by atoms with Gasteiger partial charge in [0.15, 0.2) is 0 Å². The van der Waals surface area contributed by atoms with Crippen molar-refractivity contribution in [1.29, 1.82) is 0 Å². The summed E-state index contributed by atoms with van der Waals surface area (Å²) in [4.78, 5) is 4.19. The number of aromatic nitrogens is 1. The number of hydrogen-bond acceptors (Lipinski definition) is 3. The van der Waals surface area contributed by atoms with Gasteiger partial charge in [-0.25, -0.2) is 8.78 Å². The number of anilines is 3. The average molecular weight is 271 g/mol. The molecule has 0 radical (unpaired) electrons. The monoisotopic (exact) mass is 271 g/mol. The number of nitrogen functional groups attached to an aromatic ring is 1. The average Bonchev–Trinajstić information content (AvgIpc) is 2.46. The third kappa shape index (κ3) is 2.14. The van der Waals surface area contributed by atoms with Gasteiger partial charge < -0.3 is 11.1 Å². The molecule has 0 saturated heterocycles. The van der Waals surface area contributed by atoms with Crippen molar-refractivity contribution in [3.8, 4) is 0 Å². The van der Waals surface area contributed by atoms with Gasteiger partial charge in [-0.3, -0.25) is 4.98 Å². The molecule has 0 aliphatic heterocycles. The Morgan fingerprint density at radius 1 is 1.05 bits per heavy atom. The number of pyridine rings is 1. The van der Waals surface area contributed by atoms with Gasteiger partial charge in [-0.15, -0.1) is 0 Å². The Kier molecular flexibility index (Phi) is 2.95. The van der Waals surface area contributed by atoms with Crippen molar-refractivity contribution in [2.45, 2.75) is 0 Å². The predicted octanol–water partition coefficient (Wildman–Crippen LogP) is 3.84. The molecule has 1 heterocycles. The molecule has 0 aliphatic carbocycles. The van der Waals surface area contributed by atoms with E-state index in [-0.39, 0.29) is 5.69 Å². The Balaban J connectivity index is 2.15. The zero-order chi connectivity index (χ0) is 14.1. The molecule has 0 aliphatic rings. The van der Waals surface area contributed by atoms with Crippen molar-refractivity contribution in [2.75, 3.05) is 11.1 Å². The van der Waals surface area contributed by atoms with Crippen molar-refractivity contribution in [3.63, 3.8) is 0 Å². The minimum Gasteiger partial charge on any atom is -0.396 e. The molecule has 5 heteroatoms. The van der Waals surface area contributed by atoms with Crippen LogP contribution in [0.4, 0.5) is 25.8 Å². The number of fused-ring (bicyclic) bond motifs is 1. The fourth-order valence-electron chi connectivity index (χ4n) is 2.02. The van der Waals surface area contributed by atoms with Crippen LogP contribution in [0.1, 0.15) is 0 Å². The molecule has 0 unspecified atom stereocenters. The second-order valence-electron chi connectivity index (χ2n) is 4.35. The van der Waals surface area contributed by atoms with Crippen LogP contribution in [0, 0.1) is 11.6 Å². The number of nitrogens with one attached hydrogen (secondary N) is 1. The largest absolute Gasteiger partial charge is 0.396 e. The number of rotatable bonds is 2. The quantitative estimate of drug-likeness (QED) is 0.744. The lowest BCUT2D eigenvalue weighted by Crippen LogP contribution is -2.00. The Morgan fingerprint density at radius 3 is 2.70 bits per heavy atom. The lowest BCUT2D eigenvalue weighted by atomic mass is 10.1. The highest BCUT2D eigenvalue weighted by Gasteiger charge is 2.10. The molecule has 3 aromatic rings. The lowest BCUT2D eigenvalue weighted by molar-refractivity contribution is 0.603. The van der Waals surface area contributed by atoms with Gasteiger partial charge in [0.25, 0.3) is 0 Å². The molecule has 0 bridgehead atoms. The summed E-state index contributed by atoms with van der Waals surface area (Å²) in [5.41, 5.74) is 7.52. The highest BCUT2D eigenvalue weighted by atomic mass is 19.1. The zero-order valence-corrected chi connectivity index (χ0v) is 10.4. The third-order valence-corrected chi connectivity index (χ3v) is 2.99. The van der Waals surface area contributed by atoms with Crippen molar-refractivity contribution in [1.82, 2.24) is 4.98 Å². The second kappa shape index (κ2) is 4.77. The van der Waals surface area contributed by atoms with Crippen LogP contribution >= 0.6 is 0 Å². The van der Waals surface area contributed by atoms with Gasteiger partial charge in [-0.05, 0) is 18.2 Å². The first-order valence-corrected chi connectivity index (χ1v) is 6.00. The van der Waals surface area contributed by atoms with E-state index in [0.717, 1.165) is 29.1 Å². The van der Waals surface area contributed by atoms with E-state index in [1.807, 2.05) is 24.3 Å². The summed E-state index contributed by atoms with van der Waals surface area (Å²) in [7, 11) is 0. The van der Waals surface area contributed by atoms with Crippen molar-refractivity contribution < 1.29 is 8.78 Å². The van der Waals surface area contributed by atoms with Crippen LogP contribution in [0.3, 0.4) is 0 Å². The van der Waals surface area contributed by atoms with Crippen LogP contribution in [0.25, 0.3) is 10.9 Å². The molecule has 3 N–H and O–H groups in total. The molecule has 100 valence electrons. The number of halogens is 2. The van der Waals surface area contributed by atoms with Crippen LogP contribution in [0.15, 0.2) is 48.7 Å². The third-order valence-electron chi connectivity index (χ3n) is 2.99. The number of benzene rings is 2. The normalized spacial score (nSPS) is 10.7. The summed E-state index contributed by atoms with van der Waals surface area (Å²) < 4.78 is 26.9. The lowest BCUT2D eigenvalue weighted by Gasteiger charge is -2.12. The topological polar surface area (TPSA) is 50.9 Å². The first kappa shape index (κ1) is 12.3. The predicted molar refractivity (Wildman–Crippen MR) is 75.8 cm³/mol. The van der Waals surface area contributed by atoms with Crippen LogP contribution in [0.5, 0.6) is 0 Å². The summed E-state index contributed by atoms with van der Waals surface area (Å²) in [5.74, 6) is -1.07. The van der Waals surface area contributed by atoms with Gasteiger partial charge in [0.2, 0.25) is 0 Å². The van der Waals surface area contributed by atoms with Gasteiger partial charge in [-0.1, -0.05) is 18.2 Å². The molecule has 0 spiro atoms. The van der Waals surface area contributed by atoms with E-state index in [2.05, 4.69) is 10.3 Å². The summed E-state index contributed by atoms with van der Waals surface area (Å²) in [6, 6.07) is 10.5. The zero-order valence-electron chi connectivity index (χ0n) is 10.4. The van der Waals surface area contributed by atoms with Gasteiger partial charge in [-0.2, -0.15) is 0 Å². The van der Waals surface area contributed by atoms with E-state index in [4.69, 9.17) is 5.73 Å². The van der Waals surface area contributed by atoms with Crippen LogP contribution in [0.2, 0.25) is 0 Å². The molecule has 0 atom stereocenters. The maximum absolute atomic E-state index is 13.7. The summed E-state index contributed by atoms with van der Waals surface area (Å²) in [6.45, 7) is 0. The van der Waals surface area contributed by atoms with E-state index >= 15 is 0 Å².